The molecule has 0 spiro atoms. The lowest BCUT2D eigenvalue weighted by Crippen LogP contribution is -2.62. The summed E-state index contributed by atoms with van der Waals surface area (Å²) in [7, 11) is 0. The Bertz CT molecular complexity index is 1350. The highest BCUT2D eigenvalue weighted by Gasteiger charge is 2.46. The topological polar surface area (TPSA) is 92.8 Å². The van der Waals surface area contributed by atoms with Gasteiger partial charge >= 0.3 is 5.91 Å². The van der Waals surface area contributed by atoms with Crippen molar-refractivity contribution in [3.63, 3.8) is 0 Å². The van der Waals surface area contributed by atoms with Crippen LogP contribution in [-0.4, -0.2) is 56.2 Å². The van der Waals surface area contributed by atoms with E-state index in [1.807, 2.05) is 36.4 Å². The Morgan fingerprint density at radius 1 is 1.03 bits per heavy atom. The second kappa shape index (κ2) is 9.79. The van der Waals surface area contributed by atoms with E-state index in [4.69, 9.17) is 9.72 Å². The summed E-state index contributed by atoms with van der Waals surface area (Å²) in [6, 6.07) is 16.2. The molecule has 0 aliphatic carbocycles. The molecular weight excluding hydrogens is 452 g/mol. The molecule has 8 heteroatoms. The molecule has 1 atom stereocenters. The molecule has 3 aromatic heterocycles. The van der Waals surface area contributed by atoms with Gasteiger partial charge in [0.15, 0.2) is 0 Å². The summed E-state index contributed by atoms with van der Waals surface area (Å²) in [6.07, 6.45) is 8.40. The maximum absolute atomic E-state index is 13.3. The van der Waals surface area contributed by atoms with Gasteiger partial charge in [-0.3, -0.25) is 9.58 Å². The van der Waals surface area contributed by atoms with Crippen molar-refractivity contribution in [2.24, 2.45) is 0 Å². The van der Waals surface area contributed by atoms with Crippen molar-refractivity contribution in [1.82, 2.24) is 25.5 Å². The SMILES string of the molecule is O=C1CCCC[N+]1(Cc1ccc2cc(Oc3ccc(-c4ccn[nH]4)cn3)ccc2n1)C1CCNCC1. The summed E-state index contributed by atoms with van der Waals surface area (Å²) in [6.45, 7) is 3.60. The van der Waals surface area contributed by atoms with Gasteiger partial charge in [-0.05, 0) is 49.2 Å². The number of nitrogens with zero attached hydrogens (tertiary/aromatic N) is 4. The maximum Gasteiger partial charge on any atom is 0.314 e. The molecule has 1 unspecified atom stereocenters. The van der Waals surface area contributed by atoms with Gasteiger partial charge in [0.1, 0.15) is 12.3 Å². The Hall–Kier alpha value is -3.62. The second-order valence-electron chi connectivity index (χ2n) is 9.86. The number of piperidine rings is 2. The molecule has 4 aromatic rings. The van der Waals surface area contributed by atoms with Crippen LogP contribution in [0.25, 0.3) is 22.2 Å². The Kier molecular flexibility index (Phi) is 6.21. The van der Waals surface area contributed by atoms with E-state index >= 15 is 0 Å². The van der Waals surface area contributed by atoms with Crippen LogP contribution >= 0.6 is 0 Å². The van der Waals surface area contributed by atoms with Crippen molar-refractivity contribution >= 4 is 16.8 Å². The number of amides is 1. The van der Waals surface area contributed by atoms with E-state index in [0.717, 1.165) is 73.2 Å². The number of benzene rings is 1. The number of rotatable bonds is 6. The number of quaternary nitrogens is 1. The summed E-state index contributed by atoms with van der Waals surface area (Å²) in [4.78, 5) is 22.7. The molecule has 0 radical (unpaired) electrons. The Morgan fingerprint density at radius 3 is 2.72 bits per heavy atom. The monoisotopic (exact) mass is 483 g/mol. The predicted molar refractivity (Wildman–Crippen MR) is 137 cm³/mol. The number of pyridine rings is 2. The van der Waals surface area contributed by atoms with E-state index in [1.165, 1.54) is 0 Å². The van der Waals surface area contributed by atoms with E-state index in [-0.39, 0.29) is 0 Å². The molecule has 2 N–H and O–H groups in total. The number of hydrogen-bond acceptors (Lipinski definition) is 6. The Morgan fingerprint density at radius 2 is 1.94 bits per heavy atom. The van der Waals surface area contributed by atoms with Crippen molar-refractivity contribution in [2.75, 3.05) is 19.6 Å². The molecule has 6 rings (SSSR count). The second-order valence-corrected chi connectivity index (χ2v) is 9.86. The molecule has 184 valence electrons. The number of carbonyl (C=O) groups excluding carboxylic acids is 1. The fraction of sp³-hybridized carbons (Fsp3) is 0.357. The van der Waals surface area contributed by atoms with Crippen LogP contribution in [0.15, 0.2) is 60.9 Å². The van der Waals surface area contributed by atoms with Gasteiger partial charge in [-0.25, -0.2) is 14.8 Å². The summed E-state index contributed by atoms with van der Waals surface area (Å²) < 4.78 is 6.57. The van der Waals surface area contributed by atoms with E-state index in [9.17, 15) is 4.79 Å². The molecule has 2 aliphatic rings. The molecule has 2 fully saturated rings. The molecule has 8 nitrogen and oxygen atoms in total. The number of hydrogen-bond donors (Lipinski definition) is 2. The van der Waals surface area contributed by atoms with Gasteiger partial charge in [0.05, 0.1) is 35.9 Å². The zero-order chi connectivity index (χ0) is 24.4. The minimum absolute atomic E-state index is 0.388. The number of H-pyrrole nitrogens is 1. The lowest BCUT2D eigenvalue weighted by molar-refractivity contribution is -0.897. The van der Waals surface area contributed by atoms with Crippen molar-refractivity contribution in [1.29, 1.82) is 0 Å². The van der Waals surface area contributed by atoms with Gasteiger partial charge in [-0.2, -0.15) is 5.10 Å². The largest absolute Gasteiger partial charge is 0.439 e. The Balaban J connectivity index is 1.21. The predicted octanol–water partition coefficient (Wildman–Crippen LogP) is 4.59. The minimum Gasteiger partial charge on any atom is -0.439 e. The van der Waals surface area contributed by atoms with Crippen LogP contribution in [-0.2, 0) is 11.3 Å². The van der Waals surface area contributed by atoms with Gasteiger partial charge in [-0.15, -0.1) is 0 Å². The van der Waals surface area contributed by atoms with Crippen molar-refractivity contribution in [3.05, 3.63) is 66.6 Å². The molecule has 2 saturated heterocycles. The molecule has 1 amide bonds. The molecule has 36 heavy (non-hydrogen) atoms. The third kappa shape index (κ3) is 4.50. The number of aromatic nitrogens is 4. The first-order valence-electron chi connectivity index (χ1n) is 12.8. The standard InChI is InChI=1S/C28H31N6O2/c35-28-3-1-2-16-34(28,23-10-13-29-14-11-23)19-22-6-4-20-17-24(7-8-25(20)32-22)36-27-9-5-21(18-30-27)26-12-15-31-33-26/h4-9,12,15,17-18,23,29H,1-3,10-11,13-14,16,19H2,(H,31,33)/q+1. The lowest BCUT2D eigenvalue weighted by Gasteiger charge is -2.46. The Labute approximate surface area is 210 Å². The maximum atomic E-state index is 13.3. The highest BCUT2D eigenvalue weighted by atomic mass is 16.5. The lowest BCUT2D eigenvalue weighted by atomic mass is 9.95. The van der Waals surface area contributed by atoms with E-state index in [0.29, 0.717) is 41.0 Å². The normalized spacial score (nSPS) is 21.1. The zero-order valence-corrected chi connectivity index (χ0v) is 20.3. The van der Waals surface area contributed by atoms with Crippen molar-refractivity contribution < 1.29 is 14.0 Å². The molecule has 0 bridgehead atoms. The third-order valence-corrected chi connectivity index (χ3v) is 7.64. The fourth-order valence-electron chi connectivity index (χ4n) is 5.72. The highest BCUT2D eigenvalue weighted by molar-refractivity contribution is 5.80. The molecule has 0 saturated carbocycles. The number of nitrogens with one attached hydrogen (secondary N) is 2. The summed E-state index contributed by atoms with van der Waals surface area (Å²) in [5.41, 5.74) is 3.76. The first-order valence-corrected chi connectivity index (χ1v) is 12.8. The van der Waals surface area contributed by atoms with Crippen LogP contribution in [0.5, 0.6) is 11.6 Å². The van der Waals surface area contributed by atoms with Crippen LogP contribution in [0.1, 0.15) is 37.8 Å². The van der Waals surface area contributed by atoms with Gasteiger partial charge in [0, 0.05) is 55.3 Å². The van der Waals surface area contributed by atoms with Crippen LogP contribution in [0.3, 0.4) is 0 Å². The average molecular weight is 484 g/mol. The number of carbonyl (C=O) groups is 1. The average Bonchev–Trinajstić information content (AvgIpc) is 3.46. The third-order valence-electron chi connectivity index (χ3n) is 7.64. The van der Waals surface area contributed by atoms with E-state index < -0.39 is 0 Å². The number of fused-ring (bicyclic) bond motifs is 1. The van der Waals surface area contributed by atoms with Gasteiger partial charge < -0.3 is 10.1 Å². The van der Waals surface area contributed by atoms with Gasteiger partial charge in [0.25, 0.3) is 0 Å². The molecule has 5 heterocycles. The number of ether oxygens (including phenoxy) is 1. The van der Waals surface area contributed by atoms with Crippen molar-refractivity contribution in [2.45, 2.75) is 44.7 Å². The first kappa shape index (κ1) is 22.8. The highest BCUT2D eigenvalue weighted by Crippen LogP contribution is 2.32. The van der Waals surface area contributed by atoms with Crippen LogP contribution in [0.2, 0.25) is 0 Å². The van der Waals surface area contributed by atoms with E-state index in [1.54, 1.807) is 12.4 Å². The van der Waals surface area contributed by atoms with E-state index in [2.05, 4.69) is 32.6 Å². The number of likely N-dealkylation sites (tertiary alicyclic amines) is 1. The minimum atomic E-state index is 0.388. The summed E-state index contributed by atoms with van der Waals surface area (Å²) >= 11 is 0. The van der Waals surface area contributed by atoms with Crippen LogP contribution in [0, 0.1) is 0 Å². The van der Waals surface area contributed by atoms with Gasteiger partial charge in [0.2, 0.25) is 5.88 Å². The smallest absolute Gasteiger partial charge is 0.314 e. The summed E-state index contributed by atoms with van der Waals surface area (Å²) in [5.74, 6) is 1.63. The number of aromatic amines is 1. The first-order chi connectivity index (χ1) is 17.7. The van der Waals surface area contributed by atoms with Crippen LogP contribution < -0.4 is 10.1 Å². The molecular formula is C28H31N6O2+. The quantitative estimate of drug-likeness (QED) is 0.390. The molecule has 2 aliphatic heterocycles. The van der Waals surface area contributed by atoms with Crippen LogP contribution in [0.4, 0.5) is 0 Å². The molecule has 1 aromatic carbocycles. The fourth-order valence-corrected chi connectivity index (χ4v) is 5.72. The summed E-state index contributed by atoms with van der Waals surface area (Å²) in [5, 5.41) is 11.4. The van der Waals surface area contributed by atoms with Crippen molar-refractivity contribution in [3.8, 4) is 22.9 Å². The zero-order valence-electron chi connectivity index (χ0n) is 20.3. The van der Waals surface area contributed by atoms with Gasteiger partial charge in [-0.1, -0.05) is 6.07 Å².